The van der Waals surface area contributed by atoms with Crippen molar-refractivity contribution in [1.82, 2.24) is 24.2 Å². The minimum absolute atomic E-state index is 0.0306. The van der Waals surface area contributed by atoms with E-state index in [1.165, 1.54) is 15.0 Å². The molecule has 1 aliphatic heterocycles. The maximum Gasteiger partial charge on any atom is 0.267 e. The Morgan fingerprint density at radius 2 is 2.06 bits per heavy atom. The van der Waals surface area contributed by atoms with Gasteiger partial charge in [-0.15, -0.1) is 0 Å². The number of aryl methyl sites for hydroxylation is 1. The number of nitrogens with zero attached hydrogens (tertiary/aromatic N) is 4. The van der Waals surface area contributed by atoms with Crippen LogP contribution in [-0.4, -0.2) is 75.9 Å². The van der Waals surface area contributed by atoms with Crippen molar-refractivity contribution < 1.29 is 14.6 Å². The van der Waals surface area contributed by atoms with Gasteiger partial charge in [0, 0.05) is 45.5 Å². The van der Waals surface area contributed by atoms with E-state index in [0.717, 1.165) is 13.1 Å². The van der Waals surface area contributed by atoms with E-state index < -0.39 is 5.91 Å². The number of ether oxygens (including phenoxy) is 1. The monoisotopic (exact) mass is 426 g/mol. The van der Waals surface area contributed by atoms with E-state index in [1.807, 2.05) is 0 Å². The van der Waals surface area contributed by atoms with Gasteiger partial charge < -0.3 is 19.7 Å². The zero-order valence-corrected chi connectivity index (χ0v) is 17.2. The summed E-state index contributed by atoms with van der Waals surface area (Å²) >= 11 is 0. The average Bonchev–Trinajstić information content (AvgIpc) is 2.79. The Hall–Kier alpha value is -3.08. The van der Waals surface area contributed by atoms with Crippen LogP contribution in [0.2, 0.25) is 0 Å². The summed E-state index contributed by atoms with van der Waals surface area (Å²) in [5.74, 6) is -0.407. The van der Waals surface area contributed by atoms with Gasteiger partial charge in [-0.3, -0.25) is 24.3 Å². The molecule has 0 radical (unpaired) electrons. The van der Waals surface area contributed by atoms with Crippen molar-refractivity contribution in [3.05, 3.63) is 51.9 Å². The highest BCUT2D eigenvalue weighted by atomic mass is 16.5. The quantitative estimate of drug-likeness (QED) is 0.441. The molecule has 4 heterocycles. The van der Waals surface area contributed by atoms with Crippen molar-refractivity contribution in [2.45, 2.75) is 13.0 Å². The van der Waals surface area contributed by atoms with Gasteiger partial charge in [0.05, 0.1) is 24.2 Å². The predicted octanol–water partition coefficient (Wildman–Crippen LogP) is -0.427. The second-order valence-corrected chi connectivity index (χ2v) is 7.43. The molecule has 0 atom stereocenters. The Morgan fingerprint density at radius 3 is 2.84 bits per heavy atom. The fraction of sp³-hybridized carbons (Fsp3) is 0.429. The highest BCUT2D eigenvalue weighted by Gasteiger charge is 2.18. The fourth-order valence-corrected chi connectivity index (χ4v) is 3.75. The van der Waals surface area contributed by atoms with Crippen molar-refractivity contribution in [3.63, 3.8) is 0 Å². The molecule has 10 nitrogen and oxygen atoms in total. The van der Waals surface area contributed by atoms with E-state index in [2.05, 4.69) is 15.2 Å². The predicted molar refractivity (Wildman–Crippen MR) is 114 cm³/mol. The van der Waals surface area contributed by atoms with Crippen LogP contribution in [0.4, 0.5) is 0 Å². The summed E-state index contributed by atoms with van der Waals surface area (Å²) in [6, 6.07) is 6.68. The van der Waals surface area contributed by atoms with Crippen LogP contribution in [0, 0.1) is 5.41 Å². The molecule has 0 aromatic carbocycles. The second-order valence-electron chi connectivity index (χ2n) is 7.43. The first-order chi connectivity index (χ1) is 15.1. The van der Waals surface area contributed by atoms with Crippen LogP contribution in [-0.2, 0) is 11.3 Å². The maximum absolute atomic E-state index is 13.1. The van der Waals surface area contributed by atoms with Crippen LogP contribution < -0.4 is 16.4 Å². The molecule has 3 N–H and O–H groups in total. The van der Waals surface area contributed by atoms with Gasteiger partial charge in [0.1, 0.15) is 16.8 Å². The molecule has 1 aliphatic rings. The number of nitrogens with one attached hydrogen (secondary N) is 2. The van der Waals surface area contributed by atoms with Gasteiger partial charge in [-0.1, -0.05) is 6.07 Å². The lowest BCUT2D eigenvalue weighted by atomic mass is 10.2. The Labute approximate surface area is 178 Å². The summed E-state index contributed by atoms with van der Waals surface area (Å²) in [5, 5.41) is 21.0. The maximum atomic E-state index is 13.1. The van der Waals surface area contributed by atoms with E-state index in [-0.39, 0.29) is 35.1 Å². The molecule has 3 aromatic rings. The normalized spacial score (nSPS) is 14.9. The Morgan fingerprint density at radius 1 is 1.26 bits per heavy atom. The molecule has 31 heavy (non-hydrogen) atoms. The third kappa shape index (κ3) is 4.36. The lowest BCUT2D eigenvalue weighted by Crippen LogP contribution is -2.42. The summed E-state index contributed by atoms with van der Waals surface area (Å²) < 4.78 is 8.27. The molecule has 0 bridgehead atoms. The summed E-state index contributed by atoms with van der Waals surface area (Å²) in [4.78, 5) is 32.7. The SMILES string of the molecule is N=c1c(C(=O)NCCN2CCOCC2)cc2c(=O)n3ccccc3nc2n1CCCO. The van der Waals surface area contributed by atoms with Crippen molar-refractivity contribution >= 4 is 22.6 Å². The molecule has 0 aliphatic carbocycles. The number of morpholine rings is 1. The first-order valence-electron chi connectivity index (χ1n) is 10.4. The van der Waals surface area contributed by atoms with Crippen molar-refractivity contribution in [3.8, 4) is 0 Å². The van der Waals surface area contributed by atoms with Gasteiger partial charge in [-0.05, 0) is 24.6 Å². The van der Waals surface area contributed by atoms with Crippen molar-refractivity contribution in [2.24, 2.45) is 0 Å². The molecule has 3 aromatic heterocycles. The summed E-state index contributed by atoms with van der Waals surface area (Å²) in [6.07, 6.45) is 2.00. The van der Waals surface area contributed by atoms with Gasteiger partial charge in [0.2, 0.25) is 0 Å². The van der Waals surface area contributed by atoms with Gasteiger partial charge in [-0.25, -0.2) is 4.98 Å². The number of aliphatic hydroxyl groups excluding tert-OH is 1. The number of amides is 1. The third-order valence-electron chi connectivity index (χ3n) is 5.42. The van der Waals surface area contributed by atoms with Crippen LogP contribution in [0.25, 0.3) is 16.7 Å². The Bertz CT molecular complexity index is 1210. The van der Waals surface area contributed by atoms with E-state index in [0.29, 0.717) is 44.0 Å². The topological polar surface area (TPSA) is 125 Å². The largest absolute Gasteiger partial charge is 0.396 e. The number of rotatable bonds is 7. The molecule has 0 unspecified atom stereocenters. The van der Waals surface area contributed by atoms with Crippen LogP contribution in [0.1, 0.15) is 16.8 Å². The number of aromatic nitrogens is 3. The first kappa shape index (κ1) is 21.2. The molecule has 1 saturated heterocycles. The number of hydrogen-bond acceptors (Lipinski definition) is 7. The summed E-state index contributed by atoms with van der Waals surface area (Å²) in [5.41, 5.74) is 0.569. The number of hydrogen-bond donors (Lipinski definition) is 3. The summed E-state index contributed by atoms with van der Waals surface area (Å²) in [6.45, 7) is 4.35. The number of aliphatic hydroxyl groups is 1. The zero-order valence-electron chi connectivity index (χ0n) is 17.2. The molecule has 10 heteroatoms. The van der Waals surface area contributed by atoms with Gasteiger partial charge in [-0.2, -0.15) is 0 Å². The number of pyridine rings is 2. The van der Waals surface area contributed by atoms with Gasteiger partial charge in [0.15, 0.2) is 0 Å². The average molecular weight is 426 g/mol. The van der Waals surface area contributed by atoms with Crippen LogP contribution >= 0.6 is 0 Å². The van der Waals surface area contributed by atoms with Gasteiger partial charge in [0.25, 0.3) is 11.5 Å². The van der Waals surface area contributed by atoms with E-state index in [4.69, 9.17) is 10.1 Å². The van der Waals surface area contributed by atoms with Crippen LogP contribution in [0.3, 0.4) is 0 Å². The Kier molecular flexibility index (Phi) is 6.40. The van der Waals surface area contributed by atoms with Crippen LogP contribution in [0.5, 0.6) is 0 Å². The highest BCUT2D eigenvalue weighted by molar-refractivity contribution is 5.96. The molecule has 0 saturated carbocycles. The summed E-state index contributed by atoms with van der Waals surface area (Å²) in [7, 11) is 0. The van der Waals surface area contributed by atoms with Gasteiger partial charge >= 0.3 is 0 Å². The standard InChI is InChI=1S/C21H26N6O4/c22-18-15(20(29)23-5-8-25-9-12-31-13-10-25)14-16-19(27(18)7-3-11-28)24-17-4-1-2-6-26(17)21(16)30/h1-2,4,6,14,22,28H,3,5,7-13H2,(H,23,29). The molecule has 164 valence electrons. The number of fused-ring (bicyclic) bond motifs is 2. The van der Waals surface area contributed by atoms with Crippen molar-refractivity contribution in [1.29, 1.82) is 5.41 Å². The molecular weight excluding hydrogens is 400 g/mol. The Balaban J connectivity index is 1.70. The first-order valence-corrected chi connectivity index (χ1v) is 10.4. The van der Waals surface area contributed by atoms with E-state index in [9.17, 15) is 14.7 Å². The molecule has 1 amide bonds. The lowest BCUT2D eigenvalue weighted by Gasteiger charge is -2.26. The smallest absolute Gasteiger partial charge is 0.267 e. The molecular formula is C21H26N6O4. The lowest BCUT2D eigenvalue weighted by molar-refractivity contribution is 0.0383. The zero-order chi connectivity index (χ0) is 21.8. The molecule has 1 fully saturated rings. The number of carbonyl (C=O) groups is 1. The molecule has 4 rings (SSSR count). The highest BCUT2D eigenvalue weighted by Crippen LogP contribution is 2.11. The van der Waals surface area contributed by atoms with E-state index >= 15 is 0 Å². The van der Waals surface area contributed by atoms with E-state index in [1.54, 1.807) is 24.4 Å². The molecule has 0 spiro atoms. The minimum Gasteiger partial charge on any atom is -0.396 e. The number of carbonyl (C=O) groups excluding carboxylic acids is 1. The fourth-order valence-electron chi connectivity index (χ4n) is 3.75. The minimum atomic E-state index is -0.407. The second kappa shape index (κ2) is 9.38. The van der Waals surface area contributed by atoms with Crippen molar-refractivity contribution in [2.75, 3.05) is 46.0 Å². The third-order valence-corrected chi connectivity index (χ3v) is 5.42. The van der Waals surface area contributed by atoms with Crippen LogP contribution in [0.15, 0.2) is 35.3 Å².